The third kappa shape index (κ3) is 4.76. The Balaban J connectivity index is 1.84. The molecule has 6 nitrogen and oxygen atoms in total. The van der Waals surface area contributed by atoms with E-state index in [4.69, 9.17) is 14.2 Å². The molecule has 1 fully saturated rings. The van der Waals surface area contributed by atoms with E-state index >= 15 is 0 Å². The van der Waals surface area contributed by atoms with Crippen LogP contribution in [0.1, 0.15) is 29.7 Å². The van der Waals surface area contributed by atoms with Crippen LogP contribution < -0.4 is 4.74 Å². The van der Waals surface area contributed by atoms with Crippen LogP contribution in [-0.4, -0.2) is 60.1 Å². The summed E-state index contributed by atoms with van der Waals surface area (Å²) in [5, 5.41) is 30.3. The number of rotatable bonds is 7. The van der Waals surface area contributed by atoms with Crippen LogP contribution in [-0.2, 0) is 15.9 Å². The second-order valence-corrected chi connectivity index (χ2v) is 7.06. The highest BCUT2D eigenvalue weighted by Gasteiger charge is 2.45. The summed E-state index contributed by atoms with van der Waals surface area (Å²) in [7, 11) is 1.37. The lowest BCUT2D eigenvalue weighted by molar-refractivity contribution is -0.238. The quantitative estimate of drug-likeness (QED) is 0.652. The van der Waals surface area contributed by atoms with Gasteiger partial charge in [-0.1, -0.05) is 18.2 Å². The molecule has 1 heterocycles. The first-order valence-electron chi connectivity index (χ1n) is 9.63. The highest BCUT2D eigenvalue weighted by atomic mass is 19.1. The molecule has 3 rings (SSSR count). The molecular formula is C22H27FO6. The largest absolute Gasteiger partial charge is 0.494 e. The molecule has 1 aliphatic rings. The van der Waals surface area contributed by atoms with Crippen LogP contribution in [0.3, 0.4) is 0 Å². The molecule has 29 heavy (non-hydrogen) atoms. The third-order valence-electron chi connectivity index (χ3n) is 5.17. The molecule has 2 aromatic carbocycles. The zero-order valence-corrected chi connectivity index (χ0v) is 16.5. The summed E-state index contributed by atoms with van der Waals surface area (Å²) in [6.07, 6.45) is -4.67. The Morgan fingerprint density at radius 2 is 1.79 bits per heavy atom. The zero-order valence-electron chi connectivity index (χ0n) is 16.5. The maximum Gasteiger partial charge on any atom is 0.126 e. The van der Waals surface area contributed by atoms with Crippen molar-refractivity contribution in [3.05, 3.63) is 65.0 Å². The minimum Gasteiger partial charge on any atom is -0.494 e. The normalized spacial score (nSPS) is 27.0. The Labute approximate surface area is 169 Å². The summed E-state index contributed by atoms with van der Waals surface area (Å²) >= 11 is 0. The first kappa shape index (κ1) is 21.7. The molecule has 0 aromatic heterocycles. The SMILES string of the molecule is CCOc1ccc(Cc2cc([C@@H]3O[C@H](CO)[C@@H](O)[C@H](OC)[C@H]3O)ccc2F)cc1. The number of ether oxygens (including phenoxy) is 3. The monoisotopic (exact) mass is 406 g/mol. The van der Waals surface area contributed by atoms with E-state index in [0.29, 0.717) is 24.2 Å². The molecule has 0 amide bonds. The van der Waals surface area contributed by atoms with Crippen LogP contribution in [0.4, 0.5) is 4.39 Å². The molecule has 0 radical (unpaired) electrons. The van der Waals surface area contributed by atoms with Crippen molar-refractivity contribution >= 4 is 0 Å². The van der Waals surface area contributed by atoms with Gasteiger partial charge in [-0.05, 0) is 47.9 Å². The lowest BCUT2D eigenvalue weighted by atomic mass is 9.90. The Hall–Kier alpha value is -2.03. The van der Waals surface area contributed by atoms with Gasteiger partial charge in [0.1, 0.15) is 42.1 Å². The van der Waals surface area contributed by atoms with Crippen LogP contribution in [0.15, 0.2) is 42.5 Å². The fourth-order valence-corrected chi connectivity index (χ4v) is 3.64. The number of halogens is 1. The standard InChI is InChI=1S/C22H27FO6/c1-3-28-16-7-4-13(5-8-16)10-15-11-14(6-9-17(15)23)21-20(26)22(27-2)19(25)18(12-24)29-21/h4-9,11,18-22,24-26H,3,10,12H2,1-2H3/t18-,19-,20+,21+,22+/m1/s1. The first-order valence-corrected chi connectivity index (χ1v) is 9.63. The Morgan fingerprint density at radius 1 is 1.07 bits per heavy atom. The molecule has 0 bridgehead atoms. The Bertz CT molecular complexity index is 796. The van der Waals surface area contributed by atoms with Gasteiger partial charge in [0.15, 0.2) is 0 Å². The summed E-state index contributed by atoms with van der Waals surface area (Å²) in [5.41, 5.74) is 1.91. The molecule has 1 aliphatic heterocycles. The van der Waals surface area contributed by atoms with Crippen LogP contribution >= 0.6 is 0 Å². The van der Waals surface area contributed by atoms with Crippen molar-refractivity contribution in [2.75, 3.05) is 20.3 Å². The van der Waals surface area contributed by atoms with E-state index in [1.54, 1.807) is 6.07 Å². The number of methoxy groups -OCH3 is 1. The summed E-state index contributed by atoms with van der Waals surface area (Å²) in [4.78, 5) is 0. The number of hydrogen-bond acceptors (Lipinski definition) is 6. The van der Waals surface area contributed by atoms with E-state index in [1.165, 1.54) is 19.2 Å². The van der Waals surface area contributed by atoms with Gasteiger partial charge in [-0.25, -0.2) is 4.39 Å². The topological polar surface area (TPSA) is 88.4 Å². The highest BCUT2D eigenvalue weighted by molar-refractivity contribution is 5.35. The van der Waals surface area contributed by atoms with Crippen LogP contribution in [0, 0.1) is 5.82 Å². The Kier molecular flexibility index (Phi) is 7.21. The van der Waals surface area contributed by atoms with E-state index in [2.05, 4.69) is 0 Å². The predicted molar refractivity (Wildman–Crippen MR) is 104 cm³/mol. The number of hydrogen-bond donors (Lipinski definition) is 3. The van der Waals surface area contributed by atoms with Gasteiger partial charge in [0.25, 0.3) is 0 Å². The predicted octanol–water partition coefficient (Wildman–Crippen LogP) is 1.98. The maximum absolute atomic E-state index is 14.4. The molecule has 7 heteroatoms. The number of benzene rings is 2. The minimum absolute atomic E-state index is 0.356. The van der Waals surface area contributed by atoms with Gasteiger partial charge in [-0.2, -0.15) is 0 Å². The minimum atomic E-state index is -1.17. The van der Waals surface area contributed by atoms with Crippen molar-refractivity contribution in [2.45, 2.75) is 43.9 Å². The van der Waals surface area contributed by atoms with Gasteiger partial charge < -0.3 is 29.5 Å². The second-order valence-electron chi connectivity index (χ2n) is 7.06. The first-order chi connectivity index (χ1) is 14.0. The summed E-state index contributed by atoms with van der Waals surface area (Å²) in [6.45, 7) is 2.06. The summed E-state index contributed by atoms with van der Waals surface area (Å²) < 4.78 is 30.8. The van der Waals surface area contributed by atoms with Crippen molar-refractivity contribution < 1.29 is 33.9 Å². The molecule has 2 aromatic rings. The lowest BCUT2D eigenvalue weighted by Gasteiger charge is -2.41. The molecule has 0 aliphatic carbocycles. The zero-order chi connectivity index (χ0) is 21.0. The van der Waals surface area contributed by atoms with Gasteiger partial charge in [0.05, 0.1) is 13.2 Å². The second kappa shape index (κ2) is 9.65. The van der Waals surface area contributed by atoms with Crippen molar-refractivity contribution in [1.29, 1.82) is 0 Å². The lowest BCUT2D eigenvalue weighted by Crippen LogP contribution is -2.56. The van der Waals surface area contributed by atoms with Gasteiger partial charge >= 0.3 is 0 Å². The van der Waals surface area contributed by atoms with E-state index in [9.17, 15) is 19.7 Å². The van der Waals surface area contributed by atoms with E-state index in [1.807, 2.05) is 31.2 Å². The van der Waals surface area contributed by atoms with E-state index < -0.39 is 37.1 Å². The van der Waals surface area contributed by atoms with Gasteiger partial charge in [-0.3, -0.25) is 0 Å². The molecular weight excluding hydrogens is 379 g/mol. The molecule has 1 saturated heterocycles. The van der Waals surface area contributed by atoms with E-state index in [0.717, 1.165) is 11.3 Å². The van der Waals surface area contributed by atoms with Crippen LogP contribution in [0.5, 0.6) is 5.75 Å². The summed E-state index contributed by atoms with van der Waals surface area (Å²) in [5.74, 6) is 0.387. The fraction of sp³-hybridized carbons (Fsp3) is 0.455. The summed E-state index contributed by atoms with van der Waals surface area (Å²) in [6, 6.07) is 11.9. The molecule has 0 spiro atoms. The van der Waals surface area contributed by atoms with Gasteiger partial charge in [0.2, 0.25) is 0 Å². The van der Waals surface area contributed by atoms with Crippen molar-refractivity contribution in [3.8, 4) is 5.75 Å². The number of aliphatic hydroxyl groups is 3. The number of aliphatic hydroxyl groups excluding tert-OH is 3. The van der Waals surface area contributed by atoms with Gasteiger partial charge in [-0.15, -0.1) is 0 Å². The smallest absolute Gasteiger partial charge is 0.126 e. The molecule has 0 unspecified atom stereocenters. The molecule has 0 saturated carbocycles. The third-order valence-corrected chi connectivity index (χ3v) is 5.17. The van der Waals surface area contributed by atoms with Crippen LogP contribution in [0.25, 0.3) is 0 Å². The van der Waals surface area contributed by atoms with Crippen molar-refractivity contribution in [2.24, 2.45) is 0 Å². The maximum atomic E-state index is 14.4. The molecule has 3 N–H and O–H groups in total. The molecule has 158 valence electrons. The van der Waals surface area contributed by atoms with Crippen molar-refractivity contribution in [1.82, 2.24) is 0 Å². The van der Waals surface area contributed by atoms with E-state index in [-0.39, 0.29) is 5.82 Å². The average molecular weight is 406 g/mol. The molecule has 5 atom stereocenters. The Morgan fingerprint density at radius 3 is 2.41 bits per heavy atom. The fourth-order valence-electron chi connectivity index (χ4n) is 3.64. The highest BCUT2D eigenvalue weighted by Crippen LogP contribution is 2.34. The van der Waals surface area contributed by atoms with Crippen LogP contribution in [0.2, 0.25) is 0 Å². The van der Waals surface area contributed by atoms with Gasteiger partial charge in [0, 0.05) is 13.5 Å². The average Bonchev–Trinajstić information content (AvgIpc) is 2.72. The van der Waals surface area contributed by atoms with Crippen molar-refractivity contribution in [3.63, 3.8) is 0 Å².